The first-order valence-electron chi connectivity index (χ1n) is 2.99. The first-order chi connectivity index (χ1) is 4.14. The van der Waals surface area contributed by atoms with Gasteiger partial charge < -0.3 is 9.47 Å². The van der Waals surface area contributed by atoms with Crippen LogP contribution in [0.5, 0.6) is 0 Å². The van der Waals surface area contributed by atoms with E-state index in [0.717, 1.165) is 0 Å². The molecule has 0 saturated carbocycles. The Morgan fingerprint density at radius 3 is 2.56 bits per heavy atom. The van der Waals surface area contributed by atoms with E-state index in [0.29, 0.717) is 12.5 Å². The van der Waals surface area contributed by atoms with Crippen LogP contribution in [0.1, 0.15) is 13.8 Å². The van der Waals surface area contributed by atoms with Crippen molar-refractivity contribution in [3.63, 3.8) is 0 Å². The van der Waals surface area contributed by atoms with Gasteiger partial charge in [0.2, 0.25) is 0 Å². The summed E-state index contributed by atoms with van der Waals surface area (Å²) in [5, 5.41) is 0. The highest BCUT2D eigenvalue weighted by molar-refractivity contribution is 6.18. The molecule has 1 unspecified atom stereocenters. The highest BCUT2D eigenvalue weighted by Crippen LogP contribution is 2.21. The van der Waals surface area contributed by atoms with Crippen molar-refractivity contribution in [1.82, 2.24) is 0 Å². The lowest BCUT2D eigenvalue weighted by Gasteiger charge is -2.14. The topological polar surface area (TPSA) is 18.5 Å². The molecule has 0 bridgehead atoms. The Balaban J connectivity index is 2.38. The SMILES string of the molecule is CC1(C)COC(CCl)O1. The van der Waals surface area contributed by atoms with Crippen molar-refractivity contribution in [3.8, 4) is 0 Å². The van der Waals surface area contributed by atoms with Crippen molar-refractivity contribution in [3.05, 3.63) is 0 Å². The fourth-order valence-electron chi connectivity index (χ4n) is 0.794. The fourth-order valence-corrected chi connectivity index (χ4v) is 0.946. The van der Waals surface area contributed by atoms with Crippen molar-refractivity contribution >= 4 is 11.6 Å². The maximum Gasteiger partial charge on any atom is 0.171 e. The fraction of sp³-hybridized carbons (Fsp3) is 1.00. The highest BCUT2D eigenvalue weighted by atomic mass is 35.5. The zero-order valence-corrected chi connectivity index (χ0v) is 6.44. The summed E-state index contributed by atoms with van der Waals surface area (Å²) in [5.74, 6) is 0.420. The van der Waals surface area contributed by atoms with Gasteiger partial charge in [-0.2, -0.15) is 0 Å². The van der Waals surface area contributed by atoms with Crippen LogP contribution >= 0.6 is 11.6 Å². The summed E-state index contributed by atoms with van der Waals surface area (Å²) in [6.45, 7) is 4.61. The minimum Gasteiger partial charge on any atom is -0.348 e. The van der Waals surface area contributed by atoms with Crippen LogP contribution in [0.25, 0.3) is 0 Å². The van der Waals surface area contributed by atoms with E-state index in [9.17, 15) is 0 Å². The lowest BCUT2D eigenvalue weighted by Crippen LogP contribution is -2.23. The monoisotopic (exact) mass is 150 g/mol. The first kappa shape index (κ1) is 7.32. The van der Waals surface area contributed by atoms with E-state index in [1.807, 2.05) is 13.8 Å². The molecule has 54 valence electrons. The molecule has 0 aromatic heterocycles. The molecule has 0 aromatic carbocycles. The van der Waals surface area contributed by atoms with Crippen LogP contribution in [0.2, 0.25) is 0 Å². The lowest BCUT2D eigenvalue weighted by molar-refractivity contribution is -0.0619. The molecule has 0 radical (unpaired) electrons. The predicted molar refractivity (Wildman–Crippen MR) is 35.6 cm³/mol. The molecule has 0 aliphatic carbocycles. The molecule has 0 amide bonds. The molecule has 3 heteroatoms. The number of hydrogen-bond acceptors (Lipinski definition) is 2. The second-order valence-corrected chi connectivity index (χ2v) is 3.08. The van der Waals surface area contributed by atoms with Crippen LogP contribution in [0.3, 0.4) is 0 Å². The first-order valence-corrected chi connectivity index (χ1v) is 3.53. The quantitative estimate of drug-likeness (QED) is 0.526. The molecule has 2 nitrogen and oxygen atoms in total. The van der Waals surface area contributed by atoms with E-state index >= 15 is 0 Å². The number of ether oxygens (including phenoxy) is 2. The van der Waals surface area contributed by atoms with E-state index in [1.54, 1.807) is 0 Å². The Kier molecular flexibility index (Phi) is 1.99. The Morgan fingerprint density at radius 1 is 1.67 bits per heavy atom. The predicted octanol–water partition coefficient (Wildman–Crippen LogP) is 1.38. The standard InChI is InChI=1S/C6H11ClO2/c1-6(2)4-8-5(3-7)9-6/h5H,3-4H2,1-2H3. The van der Waals surface area contributed by atoms with Crippen LogP contribution in [0.15, 0.2) is 0 Å². The Labute approximate surface area is 60.1 Å². The normalized spacial score (nSPS) is 33.0. The van der Waals surface area contributed by atoms with Crippen molar-refractivity contribution in [2.24, 2.45) is 0 Å². The van der Waals surface area contributed by atoms with Crippen LogP contribution in [0, 0.1) is 0 Å². The van der Waals surface area contributed by atoms with Crippen molar-refractivity contribution in [1.29, 1.82) is 0 Å². The lowest BCUT2D eigenvalue weighted by atomic mass is 10.2. The second-order valence-electron chi connectivity index (χ2n) is 2.77. The van der Waals surface area contributed by atoms with Crippen LogP contribution < -0.4 is 0 Å². The largest absolute Gasteiger partial charge is 0.348 e. The van der Waals surface area contributed by atoms with Gasteiger partial charge in [-0.15, -0.1) is 11.6 Å². The summed E-state index contributed by atoms with van der Waals surface area (Å²) < 4.78 is 10.5. The van der Waals surface area contributed by atoms with Gasteiger partial charge in [0, 0.05) is 0 Å². The van der Waals surface area contributed by atoms with Crippen molar-refractivity contribution in [2.75, 3.05) is 12.5 Å². The van der Waals surface area contributed by atoms with Crippen LogP contribution in [-0.4, -0.2) is 24.4 Å². The number of rotatable bonds is 1. The molecular weight excluding hydrogens is 140 g/mol. The van der Waals surface area contributed by atoms with Crippen LogP contribution in [-0.2, 0) is 9.47 Å². The molecule has 1 aliphatic rings. The number of alkyl halides is 1. The Morgan fingerprint density at radius 2 is 2.33 bits per heavy atom. The second kappa shape index (κ2) is 2.45. The van der Waals surface area contributed by atoms with Gasteiger partial charge >= 0.3 is 0 Å². The number of halogens is 1. The molecule has 1 atom stereocenters. The average molecular weight is 151 g/mol. The molecule has 1 aliphatic heterocycles. The summed E-state index contributed by atoms with van der Waals surface area (Å²) in [5.41, 5.74) is -0.139. The third-order valence-corrected chi connectivity index (χ3v) is 1.45. The summed E-state index contributed by atoms with van der Waals surface area (Å²) >= 11 is 5.49. The van der Waals surface area contributed by atoms with Gasteiger partial charge in [-0.1, -0.05) is 0 Å². The summed E-state index contributed by atoms with van der Waals surface area (Å²) in [6.07, 6.45) is -0.193. The van der Waals surface area contributed by atoms with Crippen molar-refractivity contribution < 1.29 is 9.47 Å². The van der Waals surface area contributed by atoms with E-state index in [4.69, 9.17) is 21.1 Å². The molecule has 0 N–H and O–H groups in total. The minimum atomic E-state index is -0.193. The van der Waals surface area contributed by atoms with E-state index < -0.39 is 0 Å². The summed E-state index contributed by atoms with van der Waals surface area (Å²) in [7, 11) is 0. The maximum atomic E-state index is 5.49. The molecule has 0 aromatic rings. The van der Waals surface area contributed by atoms with Gasteiger partial charge in [0.25, 0.3) is 0 Å². The number of hydrogen-bond donors (Lipinski definition) is 0. The zero-order valence-electron chi connectivity index (χ0n) is 5.69. The van der Waals surface area contributed by atoms with E-state index in [-0.39, 0.29) is 11.9 Å². The molecule has 9 heavy (non-hydrogen) atoms. The molecule has 1 heterocycles. The van der Waals surface area contributed by atoms with Gasteiger partial charge in [-0.05, 0) is 13.8 Å². The van der Waals surface area contributed by atoms with Gasteiger partial charge in [-0.3, -0.25) is 0 Å². The van der Waals surface area contributed by atoms with E-state index in [1.165, 1.54) is 0 Å². The maximum absolute atomic E-state index is 5.49. The van der Waals surface area contributed by atoms with Gasteiger partial charge in [0.05, 0.1) is 18.1 Å². The smallest absolute Gasteiger partial charge is 0.171 e. The van der Waals surface area contributed by atoms with Gasteiger partial charge in [0.1, 0.15) is 0 Å². The molecule has 0 spiro atoms. The summed E-state index contributed by atoms with van der Waals surface area (Å²) in [4.78, 5) is 0. The molecular formula is C6H11ClO2. The zero-order chi connectivity index (χ0) is 6.91. The molecule has 1 fully saturated rings. The van der Waals surface area contributed by atoms with E-state index in [2.05, 4.69) is 0 Å². The third-order valence-electron chi connectivity index (χ3n) is 1.19. The van der Waals surface area contributed by atoms with Crippen molar-refractivity contribution in [2.45, 2.75) is 25.7 Å². The molecule has 1 saturated heterocycles. The van der Waals surface area contributed by atoms with Gasteiger partial charge in [0.15, 0.2) is 6.29 Å². The Hall–Kier alpha value is 0.210. The highest BCUT2D eigenvalue weighted by Gasteiger charge is 2.31. The third kappa shape index (κ3) is 1.81. The Bertz CT molecular complexity index is 103. The van der Waals surface area contributed by atoms with Crippen LogP contribution in [0.4, 0.5) is 0 Å². The average Bonchev–Trinajstić information content (AvgIpc) is 2.10. The molecule has 1 rings (SSSR count). The minimum absolute atomic E-state index is 0.139. The summed E-state index contributed by atoms with van der Waals surface area (Å²) in [6, 6.07) is 0. The van der Waals surface area contributed by atoms with Gasteiger partial charge in [-0.25, -0.2) is 0 Å².